The number of aromatic nitrogens is 2. The highest BCUT2D eigenvalue weighted by molar-refractivity contribution is 5.96. The summed E-state index contributed by atoms with van der Waals surface area (Å²) in [4.78, 5) is 13.8. The first kappa shape index (κ1) is 10.1. The summed E-state index contributed by atoms with van der Waals surface area (Å²) in [7, 11) is 1.85. The van der Waals surface area contributed by atoms with Crippen LogP contribution in [-0.2, 0) is 24.8 Å². The van der Waals surface area contributed by atoms with Gasteiger partial charge in [0.15, 0.2) is 0 Å². The van der Waals surface area contributed by atoms with Crippen LogP contribution in [0, 0.1) is 0 Å². The van der Waals surface area contributed by atoms with E-state index in [1.807, 2.05) is 31.4 Å². The first-order valence-corrected chi connectivity index (χ1v) is 5.60. The molecular formula is C13H13N3O. The maximum absolute atomic E-state index is 12.1. The molecule has 2 heterocycles. The maximum Gasteiger partial charge on any atom is 0.231 e. The zero-order valence-electron chi connectivity index (χ0n) is 9.63. The molecule has 0 N–H and O–H groups in total. The molecule has 0 aliphatic carbocycles. The van der Waals surface area contributed by atoms with E-state index in [-0.39, 0.29) is 5.91 Å². The zero-order valence-corrected chi connectivity index (χ0v) is 9.63. The van der Waals surface area contributed by atoms with Crippen LogP contribution in [0.25, 0.3) is 0 Å². The predicted octanol–water partition coefficient (Wildman–Crippen LogP) is 1.51. The lowest BCUT2D eigenvalue weighted by Crippen LogP contribution is -2.35. The number of fused-ring (bicyclic) bond motifs is 1. The average molecular weight is 227 g/mol. The third-order valence-corrected chi connectivity index (χ3v) is 3.09. The minimum Gasteiger partial charge on any atom is -0.305 e. The molecule has 1 aromatic carbocycles. The largest absolute Gasteiger partial charge is 0.305 e. The van der Waals surface area contributed by atoms with Gasteiger partial charge in [-0.2, -0.15) is 5.10 Å². The van der Waals surface area contributed by atoms with Crippen LogP contribution in [0.1, 0.15) is 11.1 Å². The minimum absolute atomic E-state index is 0.136. The summed E-state index contributed by atoms with van der Waals surface area (Å²) < 4.78 is 1.71. The lowest BCUT2D eigenvalue weighted by Gasteiger charge is -2.27. The second-order valence-electron chi connectivity index (χ2n) is 4.30. The van der Waals surface area contributed by atoms with Gasteiger partial charge < -0.3 is 4.90 Å². The van der Waals surface area contributed by atoms with Crippen LogP contribution in [0.15, 0.2) is 36.7 Å². The van der Waals surface area contributed by atoms with Gasteiger partial charge in [0.1, 0.15) is 0 Å². The van der Waals surface area contributed by atoms with Crippen molar-refractivity contribution in [1.29, 1.82) is 0 Å². The van der Waals surface area contributed by atoms with Gasteiger partial charge in [0.2, 0.25) is 5.91 Å². The lowest BCUT2D eigenvalue weighted by atomic mass is 9.99. The Morgan fingerprint density at radius 1 is 1.24 bits per heavy atom. The number of anilines is 1. The summed E-state index contributed by atoms with van der Waals surface area (Å²) >= 11 is 0. The maximum atomic E-state index is 12.1. The van der Waals surface area contributed by atoms with E-state index in [0.717, 1.165) is 11.3 Å². The van der Waals surface area contributed by atoms with Gasteiger partial charge in [0, 0.05) is 13.2 Å². The van der Waals surface area contributed by atoms with E-state index < -0.39 is 0 Å². The molecule has 1 aliphatic heterocycles. The lowest BCUT2D eigenvalue weighted by molar-refractivity contribution is -0.118. The van der Waals surface area contributed by atoms with E-state index in [2.05, 4.69) is 11.2 Å². The van der Waals surface area contributed by atoms with Gasteiger partial charge in [-0.15, -0.1) is 0 Å². The third-order valence-electron chi connectivity index (χ3n) is 3.09. The Morgan fingerprint density at radius 2 is 2.00 bits per heavy atom. The van der Waals surface area contributed by atoms with Crippen molar-refractivity contribution in [1.82, 2.24) is 9.78 Å². The monoisotopic (exact) mass is 227 g/mol. The van der Waals surface area contributed by atoms with E-state index in [9.17, 15) is 4.79 Å². The number of hydrogen-bond donors (Lipinski definition) is 0. The van der Waals surface area contributed by atoms with Crippen LogP contribution in [0.5, 0.6) is 0 Å². The van der Waals surface area contributed by atoms with Crippen LogP contribution in [-0.4, -0.2) is 15.7 Å². The van der Waals surface area contributed by atoms with Crippen LogP contribution < -0.4 is 4.90 Å². The molecule has 1 amide bonds. The average Bonchev–Trinajstić information content (AvgIpc) is 2.75. The van der Waals surface area contributed by atoms with E-state index in [1.165, 1.54) is 5.56 Å². The Hall–Kier alpha value is -2.10. The second-order valence-corrected chi connectivity index (χ2v) is 4.30. The molecule has 0 bridgehead atoms. The summed E-state index contributed by atoms with van der Waals surface area (Å²) in [5.74, 6) is 0.136. The Bertz CT molecular complexity index is 574. The molecule has 17 heavy (non-hydrogen) atoms. The van der Waals surface area contributed by atoms with Crippen LogP contribution in [0.3, 0.4) is 0 Å². The minimum atomic E-state index is 0.136. The van der Waals surface area contributed by atoms with E-state index >= 15 is 0 Å². The molecule has 4 heteroatoms. The molecule has 86 valence electrons. The van der Waals surface area contributed by atoms with Gasteiger partial charge in [-0.1, -0.05) is 24.3 Å². The number of aryl methyl sites for hydroxylation is 1. The summed E-state index contributed by atoms with van der Waals surface area (Å²) in [6, 6.07) is 8.08. The standard InChI is InChI=1S/C13H13N3O/c1-15-9-12(7-14-15)16-8-11-5-3-2-4-10(11)6-13(16)17/h2-5,7,9H,6,8H2,1H3. The molecular weight excluding hydrogens is 214 g/mol. The summed E-state index contributed by atoms with van der Waals surface area (Å²) in [6.07, 6.45) is 4.07. The van der Waals surface area contributed by atoms with Gasteiger partial charge in [-0.3, -0.25) is 9.48 Å². The SMILES string of the molecule is Cn1cc(N2Cc3ccccc3CC2=O)cn1. The zero-order chi connectivity index (χ0) is 11.8. The summed E-state index contributed by atoms with van der Waals surface area (Å²) in [5.41, 5.74) is 3.22. The Kier molecular flexibility index (Phi) is 2.21. The Balaban J connectivity index is 1.97. The molecule has 0 unspecified atom stereocenters. The molecule has 4 nitrogen and oxygen atoms in total. The molecule has 0 radical (unpaired) electrons. The van der Waals surface area contributed by atoms with Crippen molar-refractivity contribution in [3.8, 4) is 0 Å². The van der Waals surface area contributed by atoms with Crippen LogP contribution in [0.2, 0.25) is 0 Å². The van der Waals surface area contributed by atoms with Crippen molar-refractivity contribution >= 4 is 11.6 Å². The Morgan fingerprint density at radius 3 is 2.71 bits per heavy atom. The number of benzene rings is 1. The van der Waals surface area contributed by atoms with E-state index in [1.54, 1.807) is 15.8 Å². The molecule has 1 aromatic heterocycles. The fraction of sp³-hybridized carbons (Fsp3) is 0.231. The van der Waals surface area contributed by atoms with Crippen molar-refractivity contribution in [2.75, 3.05) is 4.90 Å². The van der Waals surface area contributed by atoms with Crippen molar-refractivity contribution < 1.29 is 4.79 Å². The van der Waals surface area contributed by atoms with E-state index in [0.29, 0.717) is 13.0 Å². The summed E-state index contributed by atoms with van der Waals surface area (Å²) in [5, 5.41) is 4.11. The van der Waals surface area contributed by atoms with E-state index in [4.69, 9.17) is 0 Å². The van der Waals surface area contributed by atoms with Gasteiger partial charge >= 0.3 is 0 Å². The number of carbonyl (C=O) groups excluding carboxylic acids is 1. The molecule has 1 aliphatic rings. The first-order chi connectivity index (χ1) is 8.24. The number of rotatable bonds is 1. The van der Waals surface area contributed by atoms with Crippen molar-refractivity contribution in [2.45, 2.75) is 13.0 Å². The normalized spacial score (nSPS) is 14.9. The number of amides is 1. The molecule has 0 saturated carbocycles. The molecule has 0 atom stereocenters. The van der Waals surface area contributed by atoms with Gasteiger partial charge in [0.25, 0.3) is 0 Å². The van der Waals surface area contributed by atoms with Gasteiger partial charge in [0.05, 0.1) is 24.8 Å². The van der Waals surface area contributed by atoms with Crippen LogP contribution >= 0.6 is 0 Å². The topological polar surface area (TPSA) is 38.1 Å². The highest BCUT2D eigenvalue weighted by atomic mass is 16.2. The van der Waals surface area contributed by atoms with Crippen molar-refractivity contribution in [2.24, 2.45) is 7.05 Å². The predicted molar refractivity (Wildman–Crippen MR) is 64.5 cm³/mol. The number of carbonyl (C=O) groups is 1. The van der Waals surface area contributed by atoms with Crippen LogP contribution in [0.4, 0.5) is 5.69 Å². The highest BCUT2D eigenvalue weighted by Crippen LogP contribution is 2.24. The van der Waals surface area contributed by atoms with Gasteiger partial charge in [-0.25, -0.2) is 0 Å². The van der Waals surface area contributed by atoms with Crippen molar-refractivity contribution in [3.05, 3.63) is 47.8 Å². The molecule has 2 aromatic rings. The molecule has 0 saturated heterocycles. The van der Waals surface area contributed by atoms with Gasteiger partial charge in [-0.05, 0) is 11.1 Å². The first-order valence-electron chi connectivity index (χ1n) is 5.60. The highest BCUT2D eigenvalue weighted by Gasteiger charge is 2.24. The third kappa shape index (κ3) is 1.71. The Labute approximate surface area is 99.5 Å². The fourth-order valence-electron chi connectivity index (χ4n) is 2.18. The molecule has 0 spiro atoms. The quantitative estimate of drug-likeness (QED) is 0.740. The smallest absolute Gasteiger partial charge is 0.231 e. The number of hydrogen-bond acceptors (Lipinski definition) is 2. The second kappa shape index (κ2) is 3.73. The number of nitrogens with zero attached hydrogens (tertiary/aromatic N) is 3. The molecule has 3 rings (SSSR count). The summed E-state index contributed by atoms with van der Waals surface area (Å²) in [6.45, 7) is 0.640. The molecule has 0 fully saturated rings. The fourth-order valence-corrected chi connectivity index (χ4v) is 2.18. The van der Waals surface area contributed by atoms with Crippen molar-refractivity contribution in [3.63, 3.8) is 0 Å².